The maximum Gasteiger partial charge on any atom is 0.409 e. The number of unbranched alkanes of at least 4 members (excludes halogenated alkanes) is 1. The first-order valence-electron chi connectivity index (χ1n) is 5.38. The average Bonchev–Trinajstić information content (AvgIpc) is 2.59. The largest absolute Gasteiger partial charge is 0.448 e. The summed E-state index contributed by atoms with van der Waals surface area (Å²) in [6, 6.07) is 2.27. The van der Waals surface area contributed by atoms with Crippen LogP contribution in [0, 0.1) is 16.7 Å². The Bertz CT molecular complexity index is 268. The summed E-state index contributed by atoms with van der Waals surface area (Å²) < 4.78 is 4.82. The van der Waals surface area contributed by atoms with E-state index >= 15 is 0 Å². The molecular weight excluding hydrogens is 192 g/mol. The fourth-order valence-corrected chi connectivity index (χ4v) is 1.55. The number of ether oxygens (including phenoxy) is 1. The molecule has 4 nitrogen and oxygen atoms in total. The maximum atomic E-state index is 11.1. The molecular formula is C11H18N2O2. The fraction of sp³-hybridized carbons (Fsp3) is 0.818. The van der Waals surface area contributed by atoms with Crippen molar-refractivity contribution in [2.24, 2.45) is 5.41 Å². The smallest absolute Gasteiger partial charge is 0.409 e. The predicted molar refractivity (Wildman–Crippen MR) is 56.2 cm³/mol. The van der Waals surface area contributed by atoms with Crippen LogP contribution in [0.5, 0.6) is 0 Å². The highest BCUT2D eigenvalue weighted by Gasteiger charge is 2.21. The molecule has 1 fully saturated rings. The molecule has 0 saturated carbocycles. The van der Waals surface area contributed by atoms with Crippen LogP contribution in [-0.4, -0.2) is 30.7 Å². The van der Waals surface area contributed by atoms with Crippen molar-refractivity contribution in [3.63, 3.8) is 0 Å². The highest BCUT2D eigenvalue weighted by atomic mass is 16.6. The zero-order valence-corrected chi connectivity index (χ0v) is 9.45. The van der Waals surface area contributed by atoms with Gasteiger partial charge >= 0.3 is 6.09 Å². The SMILES string of the molecule is CC(C)(C#N)CCCCN1CCOC1=O. The Kier molecular flexibility index (Phi) is 3.96. The highest BCUT2D eigenvalue weighted by molar-refractivity contribution is 5.69. The monoisotopic (exact) mass is 210 g/mol. The first kappa shape index (κ1) is 11.8. The lowest BCUT2D eigenvalue weighted by Crippen LogP contribution is -2.25. The van der Waals surface area contributed by atoms with Crippen LogP contribution in [0.1, 0.15) is 33.1 Å². The number of hydrogen-bond acceptors (Lipinski definition) is 3. The first-order valence-corrected chi connectivity index (χ1v) is 5.38. The fourth-order valence-electron chi connectivity index (χ4n) is 1.55. The Morgan fingerprint density at radius 3 is 2.80 bits per heavy atom. The Morgan fingerprint density at radius 1 is 1.53 bits per heavy atom. The van der Waals surface area contributed by atoms with Crippen LogP contribution in [0.3, 0.4) is 0 Å². The van der Waals surface area contributed by atoms with Crippen molar-refractivity contribution in [3.8, 4) is 6.07 Å². The summed E-state index contributed by atoms with van der Waals surface area (Å²) in [5.74, 6) is 0. The standard InChI is InChI=1S/C11H18N2O2/c1-11(2,9-12)5-3-4-6-13-7-8-15-10(13)14/h3-8H2,1-2H3. The zero-order chi connectivity index (χ0) is 11.3. The number of nitrogens with zero attached hydrogens (tertiary/aromatic N) is 2. The summed E-state index contributed by atoms with van der Waals surface area (Å²) >= 11 is 0. The van der Waals surface area contributed by atoms with Gasteiger partial charge in [0, 0.05) is 6.54 Å². The molecule has 0 atom stereocenters. The lowest BCUT2D eigenvalue weighted by Gasteiger charge is -2.16. The van der Waals surface area contributed by atoms with Crippen molar-refractivity contribution in [3.05, 3.63) is 0 Å². The molecule has 1 amide bonds. The lowest BCUT2D eigenvalue weighted by atomic mass is 9.89. The molecule has 0 N–H and O–H groups in total. The molecule has 0 bridgehead atoms. The molecule has 0 aromatic heterocycles. The molecule has 1 heterocycles. The molecule has 1 rings (SSSR count). The number of amides is 1. The third kappa shape index (κ3) is 3.78. The van der Waals surface area contributed by atoms with E-state index in [2.05, 4.69) is 6.07 Å². The molecule has 84 valence electrons. The number of rotatable bonds is 5. The molecule has 0 unspecified atom stereocenters. The second-order valence-corrected chi connectivity index (χ2v) is 4.55. The maximum absolute atomic E-state index is 11.1. The van der Waals surface area contributed by atoms with Gasteiger partial charge in [0.2, 0.25) is 0 Å². The van der Waals surface area contributed by atoms with Crippen molar-refractivity contribution >= 4 is 6.09 Å². The van der Waals surface area contributed by atoms with E-state index in [0.29, 0.717) is 13.2 Å². The van der Waals surface area contributed by atoms with Crippen molar-refractivity contribution in [2.45, 2.75) is 33.1 Å². The Labute approximate surface area is 90.8 Å². The third-order valence-corrected chi connectivity index (χ3v) is 2.63. The van der Waals surface area contributed by atoms with E-state index in [9.17, 15) is 4.79 Å². The van der Waals surface area contributed by atoms with Gasteiger partial charge in [-0.3, -0.25) is 0 Å². The second-order valence-electron chi connectivity index (χ2n) is 4.55. The molecule has 0 spiro atoms. The van der Waals surface area contributed by atoms with Gasteiger partial charge in [0.15, 0.2) is 0 Å². The molecule has 0 aromatic rings. The molecule has 0 aliphatic carbocycles. The van der Waals surface area contributed by atoms with Crippen LogP contribution >= 0.6 is 0 Å². The van der Waals surface area contributed by atoms with E-state index in [1.165, 1.54) is 0 Å². The Morgan fingerprint density at radius 2 is 2.27 bits per heavy atom. The molecule has 1 aliphatic heterocycles. The van der Waals surface area contributed by atoms with Crippen LogP contribution in [0.4, 0.5) is 4.79 Å². The van der Waals surface area contributed by atoms with Gasteiger partial charge in [-0.25, -0.2) is 4.79 Å². The van der Waals surface area contributed by atoms with Crippen molar-refractivity contribution in [1.29, 1.82) is 5.26 Å². The summed E-state index contributed by atoms with van der Waals surface area (Å²) in [6.07, 6.45) is 2.60. The third-order valence-electron chi connectivity index (χ3n) is 2.63. The van der Waals surface area contributed by atoms with Gasteiger partial charge in [-0.1, -0.05) is 6.42 Å². The Balaban J connectivity index is 2.12. The summed E-state index contributed by atoms with van der Waals surface area (Å²) in [4.78, 5) is 12.8. The highest BCUT2D eigenvalue weighted by Crippen LogP contribution is 2.21. The minimum Gasteiger partial charge on any atom is -0.448 e. The van der Waals surface area contributed by atoms with Gasteiger partial charge in [0.1, 0.15) is 6.61 Å². The van der Waals surface area contributed by atoms with Crippen molar-refractivity contribution in [2.75, 3.05) is 19.7 Å². The number of carbonyl (C=O) groups is 1. The molecule has 4 heteroatoms. The van der Waals surface area contributed by atoms with E-state index in [0.717, 1.165) is 25.8 Å². The number of cyclic esters (lactones) is 1. The van der Waals surface area contributed by atoms with E-state index in [4.69, 9.17) is 10.00 Å². The molecule has 0 aromatic carbocycles. The number of carbonyl (C=O) groups excluding carboxylic acids is 1. The van der Waals surface area contributed by atoms with Crippen molar-refractivity contribution < 1.29 is 9.53 Å². The van der Waals surface area contributed by atoms with Crippen LogP contribution in [0.25, 0.3) is 0 Å². The minimum absolute atomic E-state index is 0.199. The van der Waals surface area contributed by atoms with E-state index in [1.54, 1.807) is 4.90 Å². The van der Waals surface area contributed by atoms with Crippen LogP contribution < -0.4 is 0 Å². The quantitative estimate of drug-likeness (QED) is 0.653. The molecule has 0 radical (unpaired) electrons. The van der Waals surface area contributed by atoms with E-state index in [-0.39, 0.29) is 11.5 Å². The van der Waals surface area contributed by atoms with Gasteiger partial charge in [-0.15, -0.1) is 0 Å². The number of nitriles is 1. The summed E-state index contributed by atoms with van der Waals surface area (Å²) in [5, 5.41) is 8.81. The molecule has 1 saturated heterocycles. The number of hydrogen-bond donors (Lipinski definition) is 0. The second kappa shape index (κ2) is 5.01. The van der Waals surface area contributed by atoms with Gasteiger partial charge in [-0.05, 0) is 26.7 Å². The normalized spacial score (nSPS) is 16.3. The summed E-state index contributed by atoms with van der Waals surface area (Å²) in [6.45, 7) is 5.86. The van der Waals surface area contributed by atoms with Crippen molar-refractivity contribution in [1.82, 2.24) is 4.90 Å². The van der Waals surface area contributed by atoms with E-state index < -0.39 is 0 Å². The lowest BCUT2D eigenvalue weighted by molar-refractivity contribution is 0.158. The van der Waals surface area contributed by atoms with Gasteiger partial charge in [0.05, 0.1) is 18.0 Å². The van der Waals surface area contributed by atoms with Gasteiger partial charge in [0.25, 0.3) is 0 Å². The van der Waals surface area contributed by atoms with E-state index in [1.807, 2.05) is 13.8 Å². The topological polar surface area (TPSA) is 53.3 Å². The molecule has 15 heavy (non-hydrogen) atoms. The van der Waals surface area contributed by atoms with Gasteiger partial charge in [-0.2, -0.15) is 5.26 Å². The van der Waals surface area contributed by atoms with Crippen LogP contribution in [-0.2, 0) is 4.74 Å². The minimum atomic E-state index is -0.245. The first-order chi connectivity index (χ1) is 7.05. The molecule has 1 aliphatic rings. The zero-order valence-electron chi connectivity index (χ0n) is 9.45. The average molecular weight is 210 g/mol. The summed E-state index contributed by atoms with van der Waals surface area (Å²) in [5.41, 5.74) is -0.245. The predicted octanol–water partition coefficient (Wildman–Crippen LogP) is 2.16. The van der Waals surface area contributed by atoms with Gasteiger partial charge < -0.3 is 9.64 Å². The Hall–Kier alpha value is -1.24. The van der Waals surface area contributed by atoms with Crippen LogP contribution in [0.2, 0.25) is 0 Å². The van der Waals surface area contributed by atoms with Crippen LogP contribution in [0.15, 0.2) is 0 Å². The summed E-state index contributed by atoms with van der Waals surface area (Å²) in [7, 11) is 0.